The molecule has 0 aliphatic carbocycles. The van der Waals surface area contributed by atoms with Crippen LogP contribution in [0.5, 0.6) is 0 Å². The smallest absolute Gasteiger partial charge is 0.279 e. The van der Waals surface area contributed by atoms with Crippen molar-refractivity contribution in [3.63, 3.8) is 0 Å². The number of piperidine rings is 1. The molecule has 96 valence electrons. The van der Waals surface area contributed by atoms with Crippen LogP contribution in [0.15, 0.2) is 0 Å². The number of rotatable bonds is 6. The highest BCUT2D eigenvalue weighted by molar-refractivity contribution is 7.87. The van der Waals surface area contributed by atoms with Crippen molar-refractivity contribution in [2.24, 2.45) is 5.73 Å². The molecule has 6 heteroatoms. The second-order valence-corrected chi connectivity index (χ2v) is 5.94. The van der Waals surface area contributed by atoms with Crippen molar-refractivity contribution in [3.8, 4) is 0 Å². The van der Waals surface area contributed by atoms with Gasteiger partial charge in [-0.05, 0) is 32.2 Å². The second kappa shape index (κ2) is 6.54. The van der Waals surface area contributed by atoms with E-state index in [0.29, 0.717) is 19.6 Å². The minimum absolute atomic E-state index is 0.0908. The molecule has 0 aromatic rings. The molecule has 16 heavy (non-hydrogen) atoms. The first-order chi connectivity index (χ1) is 7.61. The Morgan fingerprint density at radius 2 is 2.19 bits per heavy atom. The van der Waals surface area contributed by atoms with Crippen molar-refractivity contribution in [1.82, 2.24) is 9.03 Å². The number of hydrogen-bond acceptors (Lipinski definition) is 3. The summed E-state index contributed by atoms with van der Waals surface area (Å²) in [5, 5.41) is 0. The molecule has 1 aliphatic rings. The van der Waals surface area contributed by atoms with Crippen LogP contribution in [0.1, 0.15) is 39.0 Å². The van der Waals surface area contributed by atoms with Gasteiger partial charge < -0.3 is 5.73 Å². The van der Waals surface area contributed by atoms with Crippen LogP contribution < -0.4 is 10.5 Å². The van der Waals surface area contributed by atoms with Crippen LogP contribution in [0.4, 0.5) is 0 Å². The lowest BCUT2D eigenvalue weighted by Gasteiger charge is -2.34. The van der Waals surface area contributed by atoms with E-state index in [9.17, 15) is 8.42 Å². The Balaban J connectivity index is 2.66. The zero-order valence-corrected chi connectivity index (χ0v) is 10.8. The SMILES string of the molecule is CCCNS(=O)(=O)N1CCCCC1CCN. The summed E-state index contributed by atoms with van der Waals surface area (Å²) in [4.78, 5) is 0. The Bertz CT molecular complexity index is 290. The van der Waals surface area contributed by atoms with Crippen LogP contribution in [-0.2, 0) is 10.2 Å². The molecule has 5 nitrogen and oxygen atoms in total. The molecule has 1 rings (SSSR count). The molecule has 0 spiro atoms. The summed E-state index contributed by atoms with van der Waals surface area (Å²) in [6, 6.07) is 0.0908. The molecule has 1 unspecified atom stereocenters. The third-order valence-electron chi connectivity index (χ3n) is 2.92. The van der Waals surface area contributed by atoms with E-state index in [1.165, 1.54) is 0 Å². The Kier molecular flexibility index (Phi) is 5.68. The summed E-state index contributed by atoms with van der Waals surface area (Å²) in [6.07, 6.45) is 4.56. The lowest BCUT2D eigenvalue weighted by molar-refractivity contribution is 0.240. The van der Waals surface area contributed by atoms with Gasteiger partial charge in [0.2, 0.25) is 0 Å². The molecule has 0 aromatic heterocycles. The highest BCUT2D eigenvalue weighted by Gasteiger charge is 2.30. The molecule has 1 saturated heterocycles. The van der Waals surface area contributed by atoms with Gasteiger partial charge in [0.25, 0.3) is 10.2 Å². The van der Waals surface area contributed by atoms with Crippen LogP contribution in [0.25, 0.3) is 0 Å². The Morgan fingerprint density at radius 1 is 1.44 bits per heavy atom. The molecule has 0 amide bonds. The van der Waals surface area contributed by atoms with Crippen LogP contribution in [0, 0.1) is 0 Å². The van der Waals surface area contributed by atoms with Gasteiger partial charge in [-0.15, -0.1) is 0 Å². The van der Waals surface area contributed by atoms with Gasteiger partial charge in [0.1, 0.15) is 0 Å². The van der Waals surface area contributed by atoms with Crippen molar-refractivity contribution < 1.29 is 8.42 Å². The minimum atomic E-state index is -3.29. The molecule has 1 aliphatic heterocycles. The van der Waals surface area contributed by atoms with Crippen LogP contribution in [0.2, 0.25) is 0 Å². The normalized spacial score (nSPS) is 23.5. The molecule has 0 radical (unpaired) electrons. The highest BCUT2D eigenvalue weighted by atomic mass is 32.2. The standard InChI is InChI=1S/C10H23N3O2S/c1-2-8-12-16(14,15)13-9-4-3-5-10(13)6-7-11/h10,12H,2-9,11H2,1H3. The van der Waals surface area contributed by atoms with Crippen molar-refractivity contribution in [1.29, 1.82) is 0 Å². The molecule has 0 saturated carbocycles. The third kappa shape index (κ3) is 3.69. The number of nitrogens with one attached hydrogen (secondary N) is 1. The van der Waals surface area contributed by atoms with Crippen molar-refractivity contribution in [2.45, 2.75) is 45.1 Å². The van der Waals surface area contributed by atoms with E-state index in [1.54, 1.807) is 4.31 Å². The molecular weight excluding hydrogens is 226 g/mol. The van der Waals surface area contributed by atoms with E-state index in [1.807, 2.05) is 6.92 Å². The Morgan fingerprint density at radius 3 is 2.81 bits per heavy atom. The summed E-state index contributed by atoms with van der Waals surface area (Å²) >= 11 is 0. The van der Waals surface area contributed by atoms with Gasteiger partial charge in [0.05, 0.1) is 0 Å². The van der Waals surface area contributed by atoms with Gasteiger partial charge in [0.15, 0.2) is 0 Å². The monoisotopic (exact) mass is 249 g/mol. The summed E-state index contributed by atoms with van der Waals surface area (Å²) in [7, 11) is -3.29. The quantitative estimate of drug-likeness (QED) is 0.717. The first kappa shape index (κ1) is 13.9. The third-order valence-corrected chi connectivity index (χ3v) is 4.58. The van der Waals surface area contributed by atoms with E-state index in [4.69, 9.17) is 5.73 Å². The van der Waals surface area contributed by atoms with E-state index < -0.39 is 10.2 Å². The maximum atomic E-state index is 12.0. The van der Waals surface area contributed by atoms with E-state index in [2.05, 4.69) is 4.72 Å². The molecule has 1 fully saturated rings. The summed E-state index contributed by atoms with van der Waals surface area (Å²) in [5.41, 5.74) is 5.52. The fourth-order valence-corrected chi connectivity index (χ4v) is 3.69. The number of nitrogens with zero attached hydrogens (tertiary/aromatic N) is 1. The highest BCUT2D eigenvalue weighted by Crippen LogP contribution is 2.21. The fourth-order valence-electron chi connectivity index (χ4n) is 2.09. The zero-order chi connectivity index (χ0) is 12.0. The summed E-state index contributed by atoms with van der Waals surface area (Å²) < 4.78 is 28.2. The molecule has 0 aromatic carbocycles. The van der Waals surface area contributed by atoms with Gasteiger partial charge in [-0.1, -0.05) is 13.3 Å². The molecule has 3 N–H and O–H groups in total. The second-order valence-electron chi connectivity index (χ2n) is 4.24. The van der Waals surface area contributed by atoms with E-state index in [0.717, 1.165) is 32.1 Å². The van der Waals surface area contributed by atoms with Gasteiger partial charge in [0, 0.05) is 19.1 Å². The average Bonchev–Trinajstić information content (AvgIpc) is 2.27. The predicted octanol–water partition coefficient (Wildman–Crippen LogP) is 0.434. The Labute approximate surface area is 98.6 Å². The van der Waals surface area contributed by atoms with Gasteiger partial charge in [-0.2, -0.15) is 12.7 Å². The maximum Gasteiger partial charge on any atom is 0.279 e. The van der Waals surface area contributed by atoms with Gasteiger partial charge in [-0.3, -0.25) is 0 Å². The lowest BCUT2D eigenvalue weighted by atomic mass is 10.0. The van der Waals surface area contributed by atoms with E-state index >= 15 is 0 Å². The first-order valence-electron chi connectivity index (χ1n) is 6.08. The van der Waals surface area contributed by atoms with Crippen LogP contribution in [-0.4, -0.2) is 38.4 Å². The van der Waals surface area contributed by atoms with Crippen molar-refractivity contribution in [2.75, 3.05) is 19.6 Å². The van der Waals surface area contributed by atoms with E-state index in [-0.39, 0.29) is 6.04 Å². The average molecular weight is 249 g/mol. The number of nitrogens with two attached hydrogens (primary N) is 1. The van der Waals surface area contributed by atoms with Gasteiger partial charge in [-0.25, -0.2) is 4.72 Å². The first-order valence-corrected chi connectivity index (χ1v) is 7.52. The number of hydrogen-bond donors (Lipinski definition) is 2. The zero-order valence-electron chi connectivity index (χ0n) is 9.98. The Hall–Kier alpha value is -0.170. The molecule has 1 heterocycles. The van der Waals surface area contributed by atoms with Crippen LogP contribution >= 0.6 is 0 Å². The topological polar surface area (TPSA) is 75.4 Å². The summed E-state index contributed by atoms with van der Waals surface area (Å²) in [5.74, 6) is 0. The minimum Gasteiger partial charge on any atom is -0.330 e. The van der Waals surface area contributed by atoms with Crippen molar-refractivity contribution >= 4 is 10.2 Å². The predicted molar refractivity (Wildman–Crippen MR) is 65.2 cm³/mol. The summed E-state index contributed by atoms with van der Waals surface area (Å²) in [6.45, 7) is 3.64. The molecule has 0 bridgehead atoms. The van der Waals surface area contributed by atoms with Gasteiger partial charge >= 0.3 is 0 Å². The van der Waals surface area contributed by atoms with Crippen LogP contribution in [0.3, 0.4) is 0 Å². The maximum absolute atomic E-state index is 12.0. The molecule has 1 atom stereocenters. The fraction of sp³-hybridized carbons (Fsp3) is 1.00. The lowest BCUT2D eigenvalue weighted by Crippen LogP contribution is -2.49. The molecular formula is C10H23N3O2S. The largest absolute Gasteiger partial charge is 0.330 e. The van der Waals surface area contributed by atoms with Crippen molar-refractivity contribution in [3.05, 3.63) is 0 Å².